The summed E-state index contributed by atoms with van der Waals surface area (Å²) in [4.78, 5) is 12.3. The molecule has 7 heteroatoms. The Labute approximate surface area is 178 Å². The normalized spacial score (nSPS) is 11.9. The summed E-state index contributed by atoms with van der Waals surface area (Å²) in [5, 5.41) is 2.90. The fourth-order valence-electron chi connectivity index (χ4n) is 2.66. The Hall–Kier alpha value is -1.99. The lowest BCUT2D eigenvalue weighted by molar-refractivity contribution is 0.0956. The van der Waals surface area contributed by atoms with Gasteiger partial charge in [0.25, 0.3) is 5.91 Å². The summed E-state index contributed by atoms with van der Waals surface area (Å²) in [6, 6.07) is 14.4. The molecule has 2 aromatic rings. The van der Waals surface area contributed by atoms with Gasteiger partial charge in [-0.3, -0.25) is 9.10 Å². The van der Waals surface area contributed by atoms with E-state index in [9.17, 15) is 13.2 Å². The fraction of sp³-hybridized carbons (Fsp3) is 0.409. The number of hydrogen-bond donors (Lipinski definition) is 1. The zero-order valence-electron chi connectivity index (χ0n) is 17.7. The average molecular weight is 435 g/mol. The molecule has 0 spiro atoms. The van der Waals surface area contributed by atoms with E-state index < -0.39 is 10.0 Å². The van der Waals surface area contributed by atoms with Crippen LogP contribution < -0.4 is 9.62 Å². The van der Waals surface area contributed by atoms with Crippen LogP contribution in [0.15, 0.2) is 48.5 Å². The first-order valence-electron chi connectivity index (χ1n) is 9.51. The van der Waals surface area contributed by atoms with Crippen molar-refractivity contribution in [3.05, 3.63) is 65.2 Å². The molecule has 2 rings (SSSR count). The zero-order chi connectivity index (χ0) is 21.7. The Bertz CT molecular complexity index is 916. The Kier molecular flexibility index (Phi) is 7.77. The lowest BCUT2D eigenvalue weighted by Crippen LogP contribution is -2.29. The first kappa shape index (κ1) is 23.3. The van der Waals surface area contributed by atoms with E-state index in [-0.39, 0.29) is 17.2 Å². The van der Waals surface area contributed by atoms with Crippen LogP contribution in [0.2, 0.25) is 0 Å². The number of nitrogens with one attached hydrogen (secondary N) is 1. The summed E-state index contributed by atoms with van der Waals surface area (Å²) in [5.74, 6) is 0.682. The Morgan fingerprint density at radius 1 is 1.03 bits per heavy atom. The third-order valence-electron chi connectivity index (χ3n) is 4.19. The van der Waals surface area contributed by atoms with Crippen LogP contribution in [0.1, 0.15) is 42.3 Å². The summed E-state index contributed by atoms with van der Waals surface area (Å²) < 4.78 is 26.2. The van der Waals surface area contributed by atoms with Crippen LogP contribution in [0.4, 0.5) is 5.69 Å². The van der Waals surface area contributed by atoms with Gasteiger partial charge >= 0.3 is 0 Å². The van der Waals surface area contributed by atoms with Gasteiger partial charge in [-0.2, -0.15) is 11.8 Å². The van der Waals surface area contributed by atoms with Crippen molar-refractivity contribution in [3.63, 3.8) is 0 Å². The molecule has 0 unspecified atom stereocenters. The number of carbonyl (C=O) groups is 1. The summed E-state index contributed by atoms with van der Waals surface area (Å²) in [6.07, 6.45) is 1.19. The average Bonchev–Trinajstić information content (AvgIpc) is 2.63. The first-order chi connectivity index (χ1) is 13.5. The van der Waals surface area contributed by atoms with Crippen LogP contribution in [0.25, 0.3) is 0 Å². The predicted octanol–water partition coefficient (Wildman–Crippen LogP) is 4.22. The molecule has 29 heavy (non-hydrogen) atoms. The molecular formula is C22H30N2O3S2. The highest BCUT2D eigenvalue weighted by Gasteiger charge is 2.18. The summed E-state index contributed by atoms with van der Waals surface area (Å²) in [5.41, 5.74) is 3.07. The third-order valence-corrected chi connectivity index (χ3v) is 6.60. The number of aryl methyl sites for hydroxylation is 1. The molecule has 0 aromatic heterocycles. The molecule has 0 fully saturated rings. The highest BCUT2D eigenvalue weighted by atomic mass is 32.2. The molecule has 0 saturated heterocycles. The van der Waals surface area contributed by atoms with Crippen LogP contribution in [0.5, 0.6) is 0 Å². The Morgan fingerprint density at radius 2 is 1.62 bits per heavy atom. The third kappa shape index (κ3) is 7.74. The van der Waals surface area contributed by atoms with Gasteiger partial charge in [0.2, 0.25) is 10.0 Å². The predicted molar refractivity (Wildman–Crippen MR) is 123 cm³/mol. The van der Waals surface area contributed by atoms with Crippen LogP contribution in [-0.2, 0) is 16.6 Å². The Balaban J connectivity index is 2.06. The summed E-state index contributed by atoms with van der Waals surface area (Å²) in [7, 11) is -3.46. The molecule has 1 amide bonds. The van der Waals surface area contributed by atoms with E-state index in [0.29, 0.717) is 17.8 Å². The van der Waals surface area contributed by atoms with Gasteiger partial charge < -0.3 is 5.32 Å². The van der Waals surface area contributed by atoms with Gasteiger partial charge in [-0.1, -0.05) is 50.6 Å². The minimum absolute atomic E-state index is 0.157. The summed E-state index contributed by atoms with van der Waals surface area (Å²) >= 11 is 1.79. The van der Waals surface area contributed by atoms with E-state index in [1.807, 2.05) is 31.2 Å². The Morgan fingerprint density at radius 3 is 2.14 bits per heavy atom. The van der Waals surface area contributed by atoms with Crippen LogP contribution in [0, 0.1) is 6.92 Å². The van der Waals surface area contributed by atoms with Crippen molar-refractivity contribution in [1.29, 1.82) is 0 Å². The van der Waals surface area contributed by atoms with E-state index in [4.69, 9.17) is 0 Å². The maximum absolute atomic E-state index is 12.3. The second-order valence-electron chi connectivity index (χ2n) is 8.02. The van der Waals surface area contributed by atoms with E-state index >= 15 is 0 Å². The van der Waals surface area contributed by atoms with Gasteiger partial charge in [-0.05, 0) is 36.8 Å². The number of amides is 1. The van der Waals surface area contributed by atoms with Gasteiger partial charge in [0.05, 0.1) is 18.5 Å². The van der Waals surface area contributed by atoms with Crippen LogP contribution in [-0.4, -0.2) is 37.6 Å². The summed E-state index contributed by atoms with van der Waals surface area (Å²) in [6.45, 7) is 9.25. The van der Waals surface area contributed by atoms with E-state index in [0.717, 1.165) is 16.9 Å². The lowest BCUT2D eigenvalue weighted by atomic mass is 10.1. The maximum Gasteiger partial charge on any atom is 0.251 e. The lowest BCUT2D eigenvalue weighted by Gasteiger charge is -2.23. The fourth-order valence-corrected chi connectivity index (χ4v) is 4.37. The molecule has 0 atom stereocenters. The molecule has 0 aliphatic rings. The topological polar surface area (TPSA) is 66.5 Å². The molecule has 1 N–H and O–H groups in total. The number of thioether (sulfide) groups is 1. The molecule has 0 heterocycles. The minimum Gasteiger partial charge on any atom is -0.351 e. The standard InChI is InChI=1S/C22H30N2O3S2/c1-17-6-8-18(9-7-17)16-24(29(5,26)27)20-12-10-19(11-13-20)21(25)23-14-15-28-22(2,3)4/h6-13H,14-16H2,1-5H3,(H,23,25). The number of nitrogens with zero attached hydrogens (tertiary/aromatic N) is 1. The number of anilines is 1. The smallest absolute Gasteiger partial charge is 0.251 e. The molecule has 0 saturated carbocycles. The number of rotatable bonds is 8. The molecule has 0 bridgehead atoms. The van der Waals surface area contributed by atoms with Crippen molar-refractivity contribution in [3.8, 4) is 0 Å². The largest absolute Gasteiger partial charge is 0.351 e. The van der Waals surface area contributed by atoms with Crippen molar-refractivity contribution in [1.82, 2.24) is 5.32 Å². The highest BCUT2D eigenvalue weighted by molar-refractivity contribution is 8.00. The number of hydrogen-bond acceptors (Lipinski definition) is 4. The number of sulfonamides is 1. The molecular weight excluding hydrogens is 404 g/mol. The van der Waals surface area contributed by atoms with Gasteiger partial charge in [0.1, 0.15) is 0 Å². The molecule has 158 valence electrons. The highest BCUT2D eigenvalue weighted by Crippen LogP contribution is 2.23. The molecule has 0 aliphatic carbocycles. The van der Waals surface area contributed by atoms with Crippen molar-refractivity contribution >= 4 is 33.4 Å². The van der Waals surface area contributed by atoms with Gasteiger partial charge in [0.15, 0.2) is 0 Å². The monoisotopic (exact) mass is 434 g/mol. The number of benzene rings is 2. The first-order valence-corrected chi connectivity index (χ1v) is 12.3. The minimum atomic E-state index is -3.46. The van der Waals surface area contributed by atoms with E-state index in [1.165, 1.54) is 10.6 Å². The van der Waals surface area contributed by atoms with Crippen LogP contribution >= 0.6 is 11.8 Å². The second-order valence-corrected chi connectivity index (χ2v) is 11.8. The van der Waals surface area contributed by atoms with Gasteiger partial charge in [0, 0.05) is 22.6 Å². The van der Waals surface area contributed by atoms with Gasteiger partial charge in [-0.25, -0.2) is 8.42 Å². The van der Waals surface area contributed by atoms with Crippen molar-refractivity contribution < 1.29 is 13.2 Å². The molecule has 2 aromatic carbocycles. The number of carbonyl (C=O) groups excluding carboxylic acids is 1. The second kappa shape index (κ2) is 9.67. The van der Waals surface area contributed by atoms with Gasteiger partial charge in [-0.15, -0.1) is 0 Å². The quantitative estimate of drug-likeness (QED) is 0.632. The van der Waals surface area contributed by atoms with Crippen molar-refractivity contribution in [2.75, 3.05) is 22.9 Å². The molecule has 0 radical (unpaired) electrons. The van der Waals surface area contributed by atoms with Crippen molar-refractivity contribution in [2.45, 2.75) is 39.0 Å². The maximum atomic E-state index is 12.3. The van der Waals surface area contributed by atoms with E-state index in [2.05, 4.69) is 26.1 Å². The molecule has 0 aliphatic heterocycles. The zero-order valence-corrected chi connectivity index (χ0v) is 19.4. The van der Waals surface area contributed by atoms with Crippen LogP contribution in [0.3, 0.4) is 0 Å². The molecule has 5 nitrogen and oxygen atoms in total. The van der Waals surface area contributed by atoms with E-state index in [1.54, 1.807) is 36.0 Å². The SMILES string of the molecule is Cc1ccc(CN(c2ccc(C(=O)NCCSC(C)(C)C)cc2)S(C)(=O)=O)cc1. The van der Waals surface area contributed by atoms with Crippen molar-refractivity contribution in [2.24, 2.45) is 0 Å².